The molecule has 0 spiro atoms. The Morgan fingerprint density at radius 1 is 0.926 bits per heavy atom. The minimum atomic E-state index is 0.333. The molecule has 7 heteroatoms. The average Bonchev–Trinajstić information content (AvgIpc) is 3.17. The molecule has 0 unspecified atom stereocenters. The molecule has 3 aromatic heterocycles. The molecule has 0 aliphatic rings. The third-order valence-corrected chi connectivity index (χ3v) is 3.96. The van der Waals surface area contributed by atoms with Gasteiger partial charge in [-0.25, -0.2) is 15.0 Å². The number of aromatic nitrogens is 4. The van der Waals surface area contributed by atoms with Crippen molar-refractivity contribution < 1.29 is 9.26 Å². The van der Waals surface area contributed by atoms with Gasteiger partial charge >= 0.3 is 0 Å². The van der Waals surface area contributed by atoms with E-state index in [0.717, 1.165) is 22.6 Å². The molecule has 0 aliphatic carbocycles. The van der Waals surface area contributed by atoms with Crippen LogP contribution in [0.15, 0.2) is 71.6 Å². The zero-order valence-corrected chi connectivity index (χ0v) is 14.4. The lowest BCUT2D eigenvalue weighted by atomic mass is 10.1. The largest absolute Gasteiger partial charge is 0.486 e. The van der Waals surface area contributed by atoms with Gasteiger partial charge in [-0.05, 0) is 35.9 Å². The van der Waals surface area contributed by atoms with Crippen LogP contribution in [0.3, 0.4) is 0 Å². The topological polar surface area (TPSA) is 100.0 Å². The van der Waals surface area contributed by atoms with Crippen LogP contribution in [0, 0.1) is 0 Å². The summed E-state index contributed by atoms with van der Waals surface area (Å²) < 4.78 is 11.1. The number of pyridine rings is 1. The summed E-state index contributed by atoms with van der Waals surface area (Å²) in [5, 5.41) is 4.12. The van der Waals surface area contributed by atoms with Crippen LogP contribution in [0.4, 0.5) is 5.82 Å². The molecule has 0 fully saturated rings. The van der Waals surface area contributed by atoms with Gasteiger partial charge in [0, 0.05) is 31.1 Å². The van der Waals surface area contributed by atoms with Crippen LogP contribution in [0.1, 0.15) is 17.1 Å². The standard InChI is InChI=1S/C20H17N5O2/c21-20-17(3-1-8-24-20)18-12-15(25-27-18)11-14-4-6-16(7-5-14)26-13-19-22-9-2-10-23-19/h1-10,12H,11,13H2,(H2,21,24). The first kappa shape index (κ1) is 16.7. The second-order valence-corrected chi connectivity index (χ2v) is 5.89. The molecule has 134 valence electrons. The summed E-state index contributed by atoms with van der Waals surface area (Å²) in [5.41, 5.74) is 8.53. The lowest BCUT2D eigenvalue weighted by Crippen LogP contribution is -2.00. The van der Waals surface area contributed by atoms with E-state index in [2.05, 4.69) is 20.1 Å². The van der Waals surface area contributed by atoms with Gasteiger partial charge in [-0.3, -0.25) is 0 Å². The number of anilines is 1. The van der Waals surface area contributed by atoms with Crippen LogP contribution in [-0.4, -0.2) is 20.1 Å². The number of rotatable bonds is 6. The maximum Gasteiger partial charge on any atom is 0.170 e. The number of hydrogen-bond donors (Lipinski definition) is 1. The van der Waals surface area contributed by atoms with Crippen LogP contribution in [0.2, 0.25) is 0 Å². The van der Waals surface area contributed by atoms with Gasteiger partial charge in [-0.2, -0.15) is 0 Å². The molecule has 4 aromatic rings. The summed E-state index contributed by atoms with van der Waals surface area (Å²) in [4.78, 5) is 12.3. The maximum absolute atomic E-state index is 5.88. The first-order valence-corrected chi connectivity index (χ1v) is 8.42. The lowest BCUT2D eigenvalue weighted by Gasteiger charge is -2.05. The number of ether oxygens (including phenoxy) is 1. The highest BCUT2D eigenvalue weighted by Crippen LogP contribution is 2.25. The Morgan fingerprint density at radius 2 is 1.70 bits per heavy atom. The predicted molar refractivity (Wildman–Crippen MR) is 99.8 cm³/mol. The van der Waals surface area contributed by atoms with Crippen molar-refractivity contribution in [2.75, 3.05) is 5.73 Å². The van der Waals surface area contributed by atoms with Crippen molar-refractivity contribution in [2.45, 2.75) is 13.0 Å². The first-order chi connectivity index (χ1) is 13.3. The van der Waals surface area contributed by atoms with E-state index < -0.39 is 0 Å². The Hall–Kier alpha value is -3.74. The van der Waals surface area contributed by atoms with Crippen molar-refractivity contribution in [1.29, 1.82) is 0 Å². The molecule has 0 bridgehead atoms. The fraction of sp³-hybridized carbons (Fsp3) is 0.100. The number of nitrogens with two attached hydrogens (primary N) is 1. The van der Waals surface area contributed by atoms with E-state index in [4.69, 9.17) is 15.0 Å². The van der Waals surface area contributed by atoms with E-state index in [1.165, 1.54) is 0 Å². The van der Waals surface area contributed by atoms with Crippen LogP contribution in [-0.2, 0) is 13.0 Å². The second kappa shape index (κ2) is 7.65. The van der Waals surface area contributed by atoms with Gasteiger partial charge in [-0.15, -0.1) is 0 Å². The summed E-state index contributed by atoms with van der Waals surface area (Å²) in [7, 11) is 0. The molecular weight excluding hydrogens is 342 g/mol. The van der Waals surface area contributed by atoms with Crippen molar-refractivity contribution in [3.05, 3.63) is 84.2 Å². The Kier molecular flexibility index (Phi) is 4.74. The molecule has 1 aromatic carbocycles. The average molecular weight is 359 g/mol. The SMILES string of the molecule is Nc1ncccc1-c1cc(Cc2ccc(OCc3ncccn3)cc2)no1. The second-order valence-electron chi connectivity index (χ2n) is 5.89. The van der Waals surface area contributed by atoms with Gasteiger partial charge in [0.15, 0.2) is 11.6 Å². The van der Waals surface area contributed by atoms with Crippen LogP contribution in [0.25, 0.3) is 11.3 Å². The monoisotopic (exact) mass is 359 g/mol. The molecule has 7 nitrogen and oxygen atoms in total. The van der Waals surface area contributed by atoms with Crippen molar-refractivity contribution in [1.82, 2.24) is 20.1 Å². The van der Waals surface area contributed by atoms with E-state index in [-0.39, 0.29) is 0 Å². The zero-order chi connectivity index (χ0) is 18.5. The highest BCUT2D eigenvalue weighted by molar-refractivity contribution is 5.69. The minimum absolute atomic E-state index is 0.333. The molecule has 4 rings (SSSR count). The highest BCUT2D eigenvalue weighted by Gasteiger charge is 2.10. The summed E-state index contributed by atoms with van der Waals surface area (Å²) in [5.74, 6) is 2.43. The van der Waals surface area contributed by atoms with Gasteiger partial charge in [0.2, 0.25) is 0 Å². The lowest BCUT2D eigenvalue weighted by molar-refractivity contribution is 0.295. The maximum atomic E-state index is 5.88. The third kappa shape index (κ3) is 4.09. The first-order valence-electron chi connectivity index (χ1n) is 8.42. The normalized spacial score (nSPS) is 10.7. The Bertz CT molecular complexity index is 1020. The highest BCUT2D eigenvalue weighted by atomic mass is 16.5. The van der Waals surface area contributed by atoms with E-state index in [1.54, 1.807) is 24.7 Å². The third-order valence-electron chi connectivity index (χ3n) is 3.96. The van der Waals surface area contributed by atoms with E-state index in [0.29, 0.717) is 30.4 Å². The number of nitrogens with zero attached hydrogens (tertiary/aromatic N) is 4. The van der Waals surface area contributed by atoms with Gasteiger partial charge in [0.05, 0.1) is 11.3 Å². The molecule has 27 heavy (non-hydrogen) atoms. The molecule has 0 saturated heterocycles. The quantitative estimate of drug-likeness (QED) is 0.564. The zero-order valence-electron chi connectivity index (χ0n) is 14.4. The molecule has 0 radical (unpaired) electrons. The van der Waals surface area contributed by atoms with Crippen molar-refractivity contribution >= 4 is 5.82 Å². The molecule has 0 atom stereocenters. The van der Waals surface area contributed by atoms with Crippen molar-refractivity contribution in [2.24, 2.45) is 0 Å². The molecular formula is C20H17N5O2. The smallest absolute Gasteiger partial charge is 0.170 e. The van der Waals surface area contributed by atoms with Gasteiger partial charge in [0.25, 0.3) is 0 Å². The predicted octanol–water partition coefficient (Wildman–Crippen LogP) is 3.28. The summed E-state index contributed by atoms with van der Waals surface area (Å²) >= 11 is 0. The molecule has 0 amide bonds. The molecule has 2 N–H and O–H groups in total. The van der Waals surface area contributed by atoms with Crippen molar-refractivity contribution in [3.8, 4) is 17.1 Å². The van der Waals surface area contributed by atoms with Gasteiger partial charge < -0.3 is 15.0 Å². The molecule has 0 saturated carbocycles. The van der Waals surface area contributed by atoms with Gasteiger partial charge in [0.1, 0.15) is 18.2 Å². The van der Waals surface area contributed by atoms with E-state index >= 15 is 0 Å². The fourth-order valence-corrected chi connectivity index (χ4v) is 2.61. The number of nitrogen functional groups attached to an aromatic ring is 1. The van der Waals surface area contributed by atoms with E-state index in [9.17, 15) is 0 Å². The Morgan fingerprint density at radius 3 is 2.48 bits per heavy atom. The van der Waals surface area contributed by atoms with Crippen LogP contribution >= 0.6 is 0 Å². The summed E-state index contributed by atoms with van der Waals surface area (Å²) in [6.45, 7) is 0.333. The Labute approximate surface area is 155 Å². The summed E-state index contributed by atoms with van der Waals surface area (Å²) in [6, 6.07) is 15.1. The summed E-state index contributed by atoms with van der Waals surface area (Å²) in [6.07, 6.45) is 5.68. The molecule has 3 heterocycles. The van der Waals surface area contributed by atoms with Gasteiger partial charge in [-0.1, -0.05) is 17.3 Å². The Balaban J connectivity index is 1.39. The fourth-order valence-electron chi connectivity index (χ4n) is 2.61. The van der Waals surface area contributed by atoms with Crippen LogP contribution in [0.5, 0.6) is 5.75 Å². The van der Waals surface area contributed by atoms with Crippen LogP contribution < -0.4 is 10.5 Å². The van der Waals surface area contributed by atoms with E-state index in [1.807, 2.05) is 42.5 Å². The molecule has 0 aliphatic heterocycles. The number of benzene rings is 1. The van der Waals surface area contributed by atoms with Crippen molar-refractivity contribution in [3.63, 3.8) is 0 Å². The number of hydrogen-bond acceptors (Lipinski definition) is 7. The minimum Gasteiger partial charge on any atom is -0.486 e.